The summed E-state index contributed by atoms with van der Waals surface area (Å²) in [6.07, 6.45) is -0.511. The van der Waals surface area contributed by atoms with Gasteiger partial charge in [-0.2, -0.15) is 0 Å². The first kappa shape index (κ1) is 11.0. The van der Waals surface area contributed by atoms with Crippen molar-refractivity contribution in [2.24, 2.45) is 11.3 Å². The maximum absolute atomic E-state index is 11.8. The zero-order valence-electron chi connectivity index (χ0n) is 9.16. The fraction of sp³-hybridized carbons (Fsp3) is 0.800. The van der Waals surface area contributed by atoms with Crippen LogP contribution in [0.3, 0.4) is 0 Å². The van der Waals surface area contributed by atoms with Crippen LogP contribution in [-0.2, 0) is 9.53 Å². The molecule has 1 aliphatic heterocycles. The zero-order chi connectivity index (χ0) is 10.9. The predicted octanol–water partition coefficient (Wildman–Crippen LogP) is 1.65. The molecule has 4 nitrogen and oxygen atoms in total. The van der Waals surface area contributed by atoms with Gasteiger partial charge in [-0.15, -0.1) is 0 Å². The number of imide groups is 1. The fourth-order valence-corrected chi connectivity index (χ4v) is 1.35. The van der Waals surface area contributed by atoms with Crippen LogP contribution in [0.1, 0.15) is 27.7 Å². The maximum atomic E-state index is 11.8. The smallest absolute Gasteiger partial charge is 0.416 e. The number of hydrogen-bond acceptors (Lipinski definition) is 3. The van der Waals surface area contributed by atoms with E-state index in [0.29, 0.717) is 6.54 Å². The third-order valence-corrected chi connectivity index (χ3v) is 2.15. The summed E-state index contributed by atoms with van der Waals surface area (Å²) in [5, 5.41) is 0. The van der Waals surface area contributed by atoms with Gasteiger partial charge in [-0.3, -0.25) is 4.79 Å². The van der Waals surface area contributed by atoms with Crippen molar-refractivity contribution in [3.05, 3.63) is 0 Å². The van der Waals surface area contributed by atoms with Crippen LogP contribution >= 0.6 is 0 Å². The molecule has 0 aromatic carbocycles. The molecule has 1 rings (SSSR count). The molecule has 1 aliphatic rings. The average Bonchev–Trinajstić information content (AvgIpc) is 2.06. The number of nitrogens with zero attached hydrogens (tertiary/aromatic N) is 1. The Kier molecular flexibility index (Phi) is 2.83. The molecular formula is C10H17NO3. The van der Waals surface area contributed by atoms with Crippen molar-refractivity contribution >= 4 is 12.0 Å². The second kappa shape index (κ2) is 3.59. The summed E-state index contributed by atoms with van der Waals surface area (Å²) in [5.74, 6) is 0.128. The van der Waals surface area contributed by atoms with Gasteiger partial charge in [0.2, 0.25) is 5.91 Å². The highest BCUT2D eigenvalue weighted by molar-refractivity contribution is 5.97. The van der Waals surface area contributed by atoms with E-state index in [-0.39, 0.29) is 18.4 Å². The van der Waals surface area contributed by atoms with Crippen LogP contribution in [0.25, 0.3) is 0 Å². The van der Waals surface area contributed by atoms with Crippen LogP contribution in [-0.4, -0.2) is 30.1 Å². The molecule has 0 saturated carbocycles. The molecule has 0 unspecified atom stereocenters. The molecule has 80 valence electrons. The lowest BCUT2D eigenvalue weighted by Crippen LogP contribution is -2.53. The third kappa shape index (κ3) is 2.05. The van der Waals surface area contributed by atoms with E-state index >= 15 is 0 Å². The Morgan fingerprint density at radius 2 is 2.00 bits per heavy atom. The molecule has 0 radical (unpaired) electrons. The Balaban J connectivity index is 2.79. The molecule has 4 heteroatoms. The monoisotopic (exact) mass is 199 g/mol. The van der Waals surface area contributed by atoms with E-state index in [9.17, 15) is 9.59 Å². The summed E-state index contributed by atoms with van der Waals surface area (Å²) in [7, 11) is 0. The van der Waals surface area contributed by atoms with Gasteiger partial charge in [0, 0.05) is 6.54 Å². The van der Waals surface area contributed by atoms with Gasteiger partial charge in [-0.1, -0.05) is 13.8 Å². The molecule has 0 bridgehead atoms. The number of carbonyl (C=O) groups excluding carboxylic acids is 2. The molecule has 2 amide bonds. The average molecular weight is 199 g/mol. The third-order valence-electron chi connectivity index (χ3n) is 2.15. The van der Waals surface area contributed by atoms with Gasteiger partial charge in [0.25, 0.3) is 0 Å². The summed E-state index contributed by atoms with van der Waals surface area (Å²) < 4.78 is 4.94. The lowest BCUT2D eigenvalue weighted by molar-refractivity contribution is -0.146. The molecule has 14 heavy (non-hydrogen) atoms. The van der Waals surface area contributed by atoms with Crippen molar-refractivity contribution in [2.45, 2.75) is 27.7 Å². The van der Waals surface area contributed by atoms with E-state index in [1.165, 1.54) is 4.90 Å². The van der Waals surface area contributed by atoms with Gasteiger partial charge in [0.05, 0.1) is 5.41 Å². The highest BCUT2D eigenvalue weighted by atomic mass is 16.6. The fourth-order valence-electron chi connectivity index (χ4n) is 1.35. The number of amides is 2. The number of cyclic esters (lactones) is 1. The van der Waals surface area contributed by atoms with Crippen molar-refractivity contribution in [2.75, 3.05) is 13.2 Å². The van der Waals surface area contributed by atoms with E-state index in [1.54, 1.807) is 13.8 Å². The Morgan fingerprint density at radius 1 is 1.43 bits per heavy atom. The standard InChI is InChI=1S/C10H17NO3/c1-7(2)5-11-8(12)10(3,4)6-14-9(11)13/h7H,5-6H2,1-4H3. The van der Waals surface area contributed by atoms with Crippen LogP contribution < -0.4 is 0 Å². The van der Waals surface area contributed by atoms with Gasteiger partial charge in [-0.05, 0) is 19.8 Å². The van der Waals surface area contributed by atoms with E-state index in [1.807, 2.05) is 13.8 Å². The minimum Gasteiger partial charge on any atom is -0.448 e. The van der Waals surface area contributed by atoms with Crippen LogP contribution in [0.2, 0.25) is 0 Å². The zero-order valence-corrected chi connectivity index (χ0v) is 9.16. The first-order valence-electron chi connectivity index (χ1n) is 4.83. The molecular weight excluding hydrogens is 182 g/mol. The first-order valence-corrected chi connectivity index (χ1v) is 4.83. The summed E-state index contributed by atoms with van der Waals surface area (Å²) >= 11 is 0. The molecule has 0 aromatic heterocycles. The predicted molar refractivity (Wildman–Crippen MR) is 51.7 cm³/mol. The first-order chi connectivity index (χ1) is 6.34. The highest BCUT2D eigenvalue weighted by Gasteiger charge is 2.41. The molecule has 0 N–H and O–H groups in total. The normalized spacial score (nSPS) is 21.4. The Hall–Kier alpha value is -1.06. The van der Waals surface area contributed by atoms with Gasteiger partial charge < -0.3 is 4.74 Å². The van der Waals surface area contributed by atoms with E-state index < -0.39 is 11.5 Å². The molecule has 0 atom stereocenters. The van der Waals surface area contributed by atoms with Crippen molar-refractivity contribution in [1.29, 1.82) is 0 Å². The number of carbonyl (C=O) groups is 2. The largest absolute Gasteiger partial charge is 0.448 e. The van der Waals surface area contributed by atoms with E-state index in [2.05, 4.69) is 0 Å². The topological polar surface area (TPSA) is 46.6 Å². The summed E-state index contributed by atoms with van der Waals surface area (Å²) in [5.41, 5.74) is -0.581. The van der Waals surface area contributed by atoms with Gasteiger partial charge in [-0.25, -0.2) is 9.69 Å². The van der Waals surface area contributed by atoms with Crippen LogP contribution in [0, 0.1) is 11.3 Å². The molecule has 1 heterocycles. The lowest BCUT2D eigenvalue weighted by atomic mass is 9.91. The quantitative estimate of drug-likeness (QED) is 0.679. The van der Waals surface area contributed by atoms with Crippen molar-refractivity contribution < 1.29 is 14.3 Å². The van der Waals surface area contributed by atoms with Crippen LogP contribution in [0.15, 0.2) is 0 Å². The Morgan fingerprint density at radius 3 is 2.50 bits per heavy atom. The molecule has 0 aromatic rings. The summed E-state index contributed by atoms with van der Waals surface area (Å²) in [6.45, 7) is 8.11. The summed E-state index contributed by atoms with van der Waals surface area (Å²) in [4.78, 5) is 24.3. The van der Waals surface area contributed by atoms with Gasteiger partial charge in [0.15, 0.2) is 0 Å². The minimum absolute atomic E-state index is 0.137. The number of rotatable bonds is 2. The van der Waals surface area contributed by atoms with Crippen LogP contribution in [0.4, 0.5) is 4.79 Å². The molecule has 0 spiro atoms. The SMILES string of the molecule is CC(C)CN1C(=O)OCC(C)(C)C1=O. The molecule has 0 aliphatic carbocycles. The Bertz CT molecular complexity index is 258. The van der Waals surface area contributed by atoms with Crippen molar-refractivity contribution in [3.8, 4) is 0 Å². The van der Waals surface area contributed by atoms with Crippen molar-refractivity contribution in [3.63, 3.8) is 0 Å². The van der Waals surface area contributed by atoms with Crippen LogP contribution in [0.5, 0.6) is 0 Å². The minimum atomic E-state index is -0.581. The van der Waals surface area contributed by atoms with E-state index in [4.69, 9.17) is 4.74 Å². The second-order valence-electron chi connectivity index (χ2n) is 4.75. The molecule has 1 fully saturated rings. The second-order valence-corrected chi connectivity index (χ2v) is 4.75. The van der Waals surface area contributed by atoms with Gasteiger partial charge in [0.1, 0.15) is 6.61 Å². The van der Waals surface area contributed by atoms with Crippen molar-refractivity contribution in [1.82, 2.24) is 4.90 Å². The summed E-state index contributed by atoms with van der Waals surface area (Å²) in [6, 6.07) is 0. The number of ether oxygens (including phenoxy) is 1. The lowest BCUT2D eigenvalue weighted by Gasteiger charge is -2.35. The van der Waals surface area contributed by atoms with E-state index in [0.717, 1.165) is 0 Å². The Labute approximate surface area is 84.2 Å². The van der Waals surface area contributed by atoms with Gasteiger partial charge >= 0.3 is 6.09 Å². The number of hydrogen-bond donors (Lipinski definition) is 0. The molecule has 1 saturated heterocycles. The highest BCUT2D eigenvalue weighted by Crippen LogP contribution is 2.25. The maximum Gasteiger partial charge on any atom is 0.416 e.